The zero-order valence-electron chi connectivity index (χ0n) is 20.4. The van der Waals surface area contributed by atoms with Gasteiger partial charge in [0.05, 0.1) is 56.7 Å². The Hall–Kier alpha value is -2.96. The zero-order valence-corrected chi connectivity index (χ0v) is 23.2. The summed E-state index contributed by atoms with van der Waals surface area (Å²) in [7, 11) is -4.02. The van der Waals surface area contributed by atoms with Gasteiger partial charge in [0, 0.05) is 19.0 Å². The van der Waals surface area contributed by atoms with Gasteiger partial charge in [-0.3, -0.25) is 0 Å². The van der Waals surface area contributed by atoms with Gasteiger partial charge in [0.25, 0.3) is 0 Å². The normalized spacial score (nSPS) is 13.6. The molecule has 0 radical (unpaired) electrons. The number of sulfonamides is 1. The van der Waals surface area contributed by atoms with E-state index in [4.69, 9.17) is 10.00 Å². The molecule has 36 heavy (non-hydrogen) atoms. The maximum absolute atomic E-state index is 12.6. The number of hydrogen-bond acceptors (Lipinski definition) is 9. The minimum absolute atomic E-state index is 0. The van der Waals surface area contributed by atoms with E-state index in [1.165, 1.54) is 30.3 Å². The van der Waals surface area contributed by atoms with Gasteiger partial charge in [-0.2, -0.15) is 10.5 Å². The number of anilines is 1. The van der Waals surface area contributed by atoms with Gasteiger partial charge in [-0.1, -0.05) is 12.1 Å². The molecule has 0 N–H and O–H groups in total. The molecule has 3 rings (SSSR count). The van der Waals surface area contributed by atoms with Crippen LogP contribution >= 0.6 is 0 Å². The van der Waals surface area contributed by atoms with Crippen molar-refractivity contribution in [1.82, 2.24) is 4.98 Å². The molecule has 1 aliphatic heterocycles. The topological polar surface area (TPSA) is 155 Å². The first kappa shape index (κ1) is 29.3. The first-order valence-corrected chi connectivity index (χ1v) is 12.6. The minimum Gasteiger partial charge on any atom is -0.545 e. The Labute approximate surface area is 232 Å². The SMILES string of the molecule is CCOC(=O)c1cc(C#N)c(N2CCC(C(=O)[N-]S(=O)(=O)Cc3ccc(C#N)cc3)CC2)nc1C.[Na+]. The molecule has 0 saturated carbocycles. The second kappa shape index (κ2) is 12.8. The number of piperidine rings is 1. The summed E-state index contributed by atoms with van der Waals surface area (Å²) < 4.78 is 33.3. The van der Waals surface area contributed by atoms with Gasteiger partial charge < -0.3 is 19.2 Å². The largest absolute Gasteiger partial charge is 1.00 e. The number of carbonyl (C=O) groups excluding carboxylic acids is 2. The summed E-state index contributed by atoms with van der Waals surface area (Å²) in [5.41, 5.74) is 1.72. The maximum atomic E-state index is 12.6. The van der Waals surface area contributed by atoms with Crippen molar-refractivity contribution in [3.05, 3.63) is 63.0 Å². The summed E-state index contributed by atoms with van der Waals surface area (Å²) in [6.45, 7) is 4.31. The van der Waals surface area contributed by atoms with Crippen LogP contribution in [0.1, 0.15) is 52.5 Å². The fourth-order valence-electron chi connectivity index (χ4n) is 3.80. The molecule has 2 heterocycles. The van der Waals surface area contributed by atoms with E-state index < -0.39 is 33.6 Å². The van der Waals surface area contributed by atoms with Crippen LogP contribution in [0, 0.1) is 35.5 Å². The third-order valence-corrected chi connectivity index (χ3v) is 6.77. The van der Waals surface area contributed by atoms with Crippen LogP contribution in [-0.4, -0.2) is 45.0 Å². The molecule has 0 unspecified atom stereocenters. The minimum atomic E-state index is -4.02. The molecular weight excluding hydrogens is 493 g/mol. The van der Waals surface area contributed by atoms with E-state index in [9.17, 15) is 23.3 Å². The summed E-state index contributed by atoms with van der Waals surface area (Å²) in [5.74, 6) is -1.82. The Morgan fingerprint density at radius 1 is 1.17 bits per heavy atom. The molecule has 182 valence electrons. The Kier molecular flexibility index (Phi) is 10.4. The van der Waals surface area contributed by atoms with Crippen LogP contribution in [0.25, 0.3) is 4.72 Å². The van der Waals surface area contributed by atoms with Gasteiger partial charge in [-0.25, -0.2) is 18.2 Å². The van der Waals surface area contributed by atoms with E-state index in [1.54, 1.807) is 13.8 Å². The number of benzene rings is 1. The van der Waals surface area contributed by atoms with Crippen LogP contribution in [0.4, 0.5) is 5.82 Å². The van der Waals surface area contributed by atoms with Gasteiger partial charge in [0.15, 0.2) is 0 Å². The Morgan fingerprint density at radius 3 is 2.36 bits per heavy atom. The molecule has 1 aliphatic rings. The summed E-state index contributed by atoms with van der Waals surface area (Å²) >= 11 is 0. The first-order valence-electron chi connectivity index (χ1n) is 11.0. The number of nitriles is 2. The fraction of sp³-hybridized carbons (Fsp3) is 0.375. The van der Waals surface area contributed by atoms with Crippen LogP contribution in [0.15, 0.2) is 30.3 Å². The molecular formula is C24H24N5NaO5S. The molecule has 0 aliphatic carbocycles. The number of carbonyl (C=O) groups is 2. The number of aromatic nitrogens is 1. The van der Waals surface area contributed by atoms with Crippen LogP contribution in [0.3, 0.4) is 0 Å². The van der Waals surface area contributed by atoms with Crippen molar-refractivity contribution in [3.63, 3.8) is 0 Å². The number of pyridine rings is 1. The third-order valence-electron chi connectivity index (χ3n) is 5.61. The number of nitrogens with zero attached hydrogens (tertiary/aromatic N) is 5. The van der Waals surface area contributed by atoms with Crippen molar-refractivity contribution in [2.24, 2.45) is 5.92 Å². The molecule has 0 spiro atoms. The molecule has 1 saturated heterocycles. The summed E-state index contributed by atoms with van der Waals surface area (Å²) in [5, 5.41) is 18.4. The van der Waals surface area contributed by atoms with E-state index in [1.807, 2.05) is 11.0 Å². The monoisotopic (exact) mass is 517 g/mol. The van der Waals surface area contributed by atoms with E-state index in [2.05, 4.69) is 15.8 Å². The Balaban J connectivity index is 0.00000456. The van der Waals surface area contributed by atoms with Gasteiger partial charge in [-0.05, 0) is 50.5 Å². The van der Waals surface area contributed by atoms with Crippen molar-refractivity contribution < 1.29 is 52.3 Å². The molecule has 1 aromatic heterocycles. The van der Waals surface area contributed by atoms with Crippen molar-refractivity contribution in [2.45, 2.75) is 32.4 Å². The number of rotatable bonds is 7. The third kappa shape index (κ3) is 7.28. The second-order valence-electron chi connectivity index (χ2n) is 8.05. The van der Waals surface area contributed by atoms with Crippen LogP contribution in [0.2, 0.25) is 0 Å². The summed E-state index contributed by atoms with van der Waals surface area (Å²) in [6, 6.07) is 11.5. The maximum Gasteiger partial charge on any atom is 1.00 e. The molecule has 1 aromatic carbocycles. The van der Waals surface area contributed by atoms with Crippen molar-refractivity contribution in [2.75, 3.05) is 24.6 Å². The predicted octanol–water partition coefficient (Wildman–Crippen LogP) is -0.0392. The van der Waals surface area contributed by atoms with Crippen molar-refractivity contribution >= 4 is 27.7 Å². The average molecular weight is 518 g/mol. The quantitative estimate of drug-likeness (QED) is 0.363. The zero-order chi connectivity index (χ0) is 25.6. The van der Waals surface area contributed by atoms with Crippen LogP contribution in [0.5, 0.6) is 0 Å². The predicted molar refractivity (Wildman–Crippen MR) is 127 cm³/mol. The van der Waals surface area contributed by atoms with Crippen LogP contribution < -0.4 is 34.5 Å². The van der Waals surface area contributed by atoms with Gasteiger partial charge >= 0.3 is 35.5 Å². The standard InChI is InChI=1S/C24H25N5O5S.Na/c1-3-34-24(31)21-12-20(14-26)22(27-16(21)2)29-10-8-19(9-11-29)23(30)28-35(32,33)15-18-6-4-17(13-25)5-7-18;/h4-7,12,19H,3,8-11,15H2,1-2H3,(H,28,30);/q;+1/p-1. The second-order valence-corrected chi connectivity index (χ2v) is 9.69. The van der Waals surface area contributed by atoms with Crippen LogP contribution in [-0.2, 0) is 25.3 Å². The van der Waals surface area contributed by atoms with E-state index in [0.717, 1.165) is 0 Å². The number of aryl methyl sites for hydroxylation is 1. The number of hydrogen-bond donors (Lipinski definition) is 0. The van der Waals surface area contributed by atoms with Crippen molar-refractivity contribution in [1.29, 1.82) is 10.5 Å². The van der Waals surface area contributed by atoms with E-state index in [0.29, 0.717) is 48.6 Å². The smallest absolute Gasteiger partial charge is 0.545 e. The van der Waals surface area contributed by atoms with E-state index in [-0.39, 0.29) is 47.3 Å². The summed E-state index contributed by atoms with van der Waals surface area (Å²) in [4.78, 5) is 31.0. The average Bonchev–Trinajstić information content (AvgIpc) is 2.84. The first-order chi connectivity index (χ1) is 16.7. The van der Waals surface area contributed by atoms with Crippen molar-refractivity contribution in [3.8, 4) is 12.1 Å². The fourth-order valence-corrected chi connectivity index (χ4v) is 4.90. The number of esters is 1. The molecule has 1 fully saturated rings. The molecule has 2 aromatic rings. The van der Waals surface area contributed by atoms with Gasteiger partial charge in [0.1, 0.15) is 11.9 Å². The Morgan fingerprint density at radius 2 is 1.81 bits per heavy atom. The van der Waals surface area contributed by atoms with Gasteiger partial charge in [0.2, 0.25) is 0 Å². The summed E-state index contributed by atoms with van der Waals surface area (Å²) in [6.07, 6.45) is 0.694. The van der Waals surface area contributed by atoms with E-state index >= 15 is 0 Å². The molecule has 10 nitrogen and oxygen atoms in total. The number of amides is 1. The molecule has 12 heteroatoms. The molecule has 0 atom stereocenters. The molecule has 0 bridgehead atoms. The molecule has 1 amide bonds. The van der Waals surface area contributed by atoms with Gasteiger partial charge in [-0.15, -0.1) is 0 Å². The number of ether oxygens (including phenoxy) is 1. The Bertz CT molecular complexity index is 1310.